The van der Waals surface area contributed by atoms with Crippen LogP contribution in [0.15, 0.2) is 24.3 Å². The minimum atomic E-state index is 0.759. The SMILES string of the molecule is CCC(=S)c1ccc(CCCN)cc1. The smallest absolute Gasteiger partial charge is 0.0221 e. The Morgan fingerprint density at radius 2 is 1.93 bits per heavy atom. The predicted octanol–water partition coefficient (Wildman–Crippen LogP) is 2.71. The first-order valence-electron chi connectivity index (χ1n) is 5.10. The normalized spacial score (nSPS) is 10.1. The highest BCUT2D eigenvalue weighted by atomic mass is 32.1. The summed E-state index contributed by atoms with van der Waals surface area (Å²) in [6.45, 7) is 2.85. The molecule has 2 N–H and O–H groups in total. The van der Waals surface area contributed by atoms with E-state index in [-0.39, 0.29) is 0 Å². The number of thiocarbonyl (C=S) groups is 1. The quantitative estimate of drug-likeness (QED) is 0.593. The van der Waals surface area contributed by atoms with Gasteiger partial charge in [0.15, 0.2) is 0 Å². The minimum absolute atomic E-state index is 0.759. The fourth-order valence-corrected chi connectivity index (χ4v) is 1.50. The Balaban J connectivity index is 2.63. The van der Waals surface area contributed by atoms with Gasteiger partial charge < -0.3 is 5.73 Å². The standard InChI is InChI=1S/C12H17NS/c1-2-12(14)11-7-5-10(6-8-11)4-3-9-13/h5-8H,2-4,9,13H2,1H3. The highest BCUT2D eigenvalue weighted by molar-refractivity contribution is 7.80. The monoisotopic (exact) mass is 207 g/mol. The third-order valence-corrected chi connectivity index (χ3v) is 2.79. The van der Waals surface area contributed by atoms with Crippen molar-refractivity contribution in [2.24, 2.45) is 5.73 Å². The van der Waals surface area contributed by atoms with Crippen LogP contribution < -0.4 is 5.73 Å². The fraction of sp³-hybridized carbons (Fsp3) is 0.417. The van der Waals surface area contributed by atoms with Gasteiger partial charge in [-0.2, -0.15) is 0 Å². The van der Waals surface area contributed by atoms with Gasteiger partial charge in [0.25, 0.3) is 0 Å². The number of hydrogen-bond acceptors (Lipinski definition) is 2. The molecule has 0 unspecified atom stereocenters. The van der Waals surface area contributed by atoms with Crippen LogP contribution in [0.1, 0.15) is 30.9 Å². The lowest BCUT2D eigenvalue weighted by Gasteiger charge is -2.03. The molecule has 1 nitrogen and oxygen atoms in total. The molecule has 0 saturated heterocycles. The van der Waals surface area contributed by atoms with Crippen LogP contribution >= 0.6 is 12.2 Å². The first-order chi connectivity index (χ1) is 6.77. The highest BCUT2D eigenvalue weighted by Gasteiger charge is 1.98. The molecule has 0 fully saturated rings. The first kappa shape index (κ1) is 11.3. The fourth-order valence-electron chi connectivity index (χ4n) is 1.37. The van der Waals surface area contributed by atoms with E-state index in [1.165, 1.54) is 11.1 Å². The van der Waals surface area contributed by atoms with E-state index in [9.17, 15) is 0 Å². The zero-order valence-electron chi connectivity index (χ0n) is 8.62. The van der Waals surface area contributed by atoms with Crippen LogP contribution in [0.2, 0.25) is 0 Å². The van der Waals surface area contributed by atoms with Gasteiger partial charge in [-0.15, -0.1) is 0 Å². The van der Waals surface area contributed by atoms with Gasteiger partial charge in [0, 0.05) is 4.86 Å². The molecule has 0 amide bonds. The number of nitrogens with two attached hydrogens (primary N) is 1. The van der Waals surface area contributed by atoms with Gasteiger partial charge in [-0.1, -0.05) is 43.4 Å². The van der Waals surface area contributed by atoms with E-state index in [0.29, 0.717) is 0 Å². The van der Waals surface area contributed by atoms with Crippen molar-refractivity contribution in [1.29, 1.82) is 0 Å². The molecule has 1 rings (SSSR count). The maximum Gasteiger partial charge on any atom is 0.0221 e. The van der Waals surface area contributed by atoms with Crippen LogP contribution in [0.5, 0.6) is 0 Å². The molecule has 14 heavy (non-hydrogen) atoms. The average molecular weight is 207 g/mol. The summed E-state index contributed by atoms with van der Waals surface area (Å²) in [4.78, 5) is 1.04. The van der Waals surface area contributed by atoms with E-state index >= 15 is 0 Å². The Hall–Kier alpha value is -0.730. The van der Waals surface area contributed by atoms with Crippen LogP contribution in [0.3, 0.4) is 0 Å². The van der Waals surface area contributed by atoms with Crippen LogP contribution in [0.4, 0.5) is 0 Å². The molecule has 0 aliphatic rings. The summed E-state index contributed by atoms with van der Waals surface area (Å²) in [7, 11) is 0. The van der Waals surface area contributed by atoms with Crippen LogP contribution in [-0.4, -0.2) is 11.4 Å². The van der Waals surface area contributed by atoms with E-state index in [4.69, 9.17) is 18.0 Å². The molecule has 1 aromatic carbocycles. The van der Waals surface area contributed by atoms with Crippen molar-refractivity contribution < 1.29 is 0 Å². The molecule has 0 spiro atoms. The molecule has 0 radical (unpaired) electrons. The molecule has 0 saturated carbocycles. The predicted molar refractivity (Wildman–Crippen MR) is 65.8 cm³/mol. The minimum Gasteiger partial charge on any atom is -0.330 e. The van der Waals surface area contributed by atoms with Crippen LogP contribution in [0.25, 0.3) is 0 Å². The second kappa shape index (κ2) is 5.89. The zero-order chi connectivity index (χ0) is 10.4. The van der Waals surface area contributed by atoms with Crippen LogP contribution in [0, 0.1) is 0 Å². The van der Waals surface area contributed by atoms with Crippen molar-refractivity contribution in [3.05, 3.63) is 35.4 Å². The molecular weight excluding hydrogens is 190 g/mol. The molecule has 0 atom stereocenters. The topological polar surface area (TPSA) is 26.0 Å². The third-order valence-electron chi connectivity index (χ3n) is 2.27. The molecule has 2 heteroatoms. The molecule has 0 aliphatic heterocycles. The molecule has 76 valence electrons. The van der Waals surface area contributed by atoms with E-state index in [0.717, 1.165) is 30.7 Å². The summed E-state index contributed by atoms with van der Waals surface area (Å²) in [5, 5.41) is 0. The van der Waals surface area contributed by atoms with Crippen molar-refractivity contribution in [2.75, 3.05) is 6.54 Å². The van der Waals surface area contributed by atoms with E-state index in [1.54, 1.807) is 0 Å². The summed E-state index contributed by atoms with van der Waals surface area (Å²) >= 11 is 5.23. The number of benzene rings is 1. The lowest BCUT2D eigenvalue weighted by atomic mass is 10.0. The maximum atomic E-state index is 5.46. The maximum absolute atomic E-state index is 5.46. The van der Waals surface area contributed by atoms with Crippen molar-refractivity contribution >= 4 is 17.1 Å². The lowest BCUT2D eigenvalue weighted by Crippen LogP contribution is -2.00. The number of aryl methyl sites for hydroxylation is 1. The van der Waals surface area contributed by atoms with E-state index in [2.05, 4.69) is 31.2 Å². The second-order valence-electron chi connectivity index (χ2n) is 3.37. The van der Waals surface area contributed by atoms with Crippen molar-refractivity contribution in [3.8, 4) is 0 Å². The zero-order valence-corrected chi connectivity index (χ0v) is 9.44. The molecular formula is C12H17NS. The van der Waals surface area contributed by atoms with Gasteiger partial charge in [0.05, 0.1) is 0 Å². The molecule has 0 bridgehead atoms. The third kappa shape index (κ3) is 3.20. The average Bonchev–Trinajstić information content (AvgIpc) is 2.26. The van der Waals surface area contributed by atoms with Gasteiger partial charge in [0.1, 0.15) is 0 Å². The molecule has 0 aromatic heterocycles. The molecule has 0 heterocycles. The Bertz CT molecular complexity index is 290. The number of rotatable bonds is 5. The Labute approximate surface area is 91.3 Å². The summed E-state index contributed by atoms with van der Waals surface area (Å²) < 4.78 is 0. The Kier molecular flexibility index (Phi) is 4.77. The van der Waals surface area contributed by atoms with Crippen molar-refractivity contribution in [1.82, 2.24) is 0 Å². The van der Waals surface area contributed by atoms with Crippen LogP contribution in [-0.2, 0) is 6.42 Å². The molecule has 1 aromatic rings. The van der Waals surface area contributed by atoms with Gasteiger partial charge in [-0.3, -0.25) is 0 Å². The van der Waals surface area contributed by atoms with E-state index in [1.807, 2.05) is 0 Å². The van der Waals surface area contributed by atoms with Crippen molar-refractivity contribution in [2.45, 2.75) is 26.2 Å². The van der Waals surface area contributed by atoms with Gasteiger partial charge in [0.2, 0.25) is 0 Å². The summed E-state index contributed by atoms with van der Waals surface area (Å²) in [5.74, 6) is 0. The van der Waals surface area contributed by atoms with Crippen molar-refractivity contribution in [3.63, 3.8) is 0 Å². The largest absolute Gasteiger partial charge is 0.330 e. The summed E-state index contributed by atoms with van der Waals surface area (Å²) in [6, 6.07) is 8.51. The second-order valence-corrected chi connectivity index (χ2v) is 3.86. The van der Waals surface area contributed by atoms with E-state index < -0.39 is 0 Å². The lowest BCUT2D eigenvalue weighted by molar-refractivity contribution is 0.832. The highest BCUT2D eigenvalue weighted by Crippen LogP contribution is 2.09. The number of hydrogen-bond donors (Lipinski definition) is 1. The summed E-state index contributed by atoms with van der Waals surface area (Å²) in [6.07, 6.45) is 3.06. The van der Waals surface area contributed by atoms with Gasteiger partial charge in [-0.05, 0) is 36.9 Å². The van der Waals surface area contributed by atoms with Gasteiger partial charge >= 0.3 is 0 Å². The Morgan fingerprint density at radius 3 is 2.43 bits per heavy atom. The van der Waals surface area contributed by atoms with Gasteiger partial charge in [-0.25, -0.2) is 0 Å². The first-order valence-corrected chi connectivity index (χ1v) is 5.51. The Morgan fingerprint density at radius 1 is 1.29 bits per heavy atom. The summed E-state index contributed by atoms with van der Waals surface area (Å²) in [5.41, 5.74) is 7.98. The molecule has 0 aliphatic carbocycles.